The van der Waals surface area contributed by atoms with Gasteiger partial charge in [0.05, 0.1) is 0 Å². The lowest BCUT2D eigenvalue weighted by Crippen LogP contribution is -2.32. The van der Waals surface area contributed by atoms with Crippen LogP contribution in [0.1, 0.15) is 16.7 Å². The second kappa shape index (κ2) is 5.43. The molecule has 2 N–H and O–H groups in total. The average molecular weight is 303 g/mol. The molecule has 0 spiro atoms. The Balaban J connectivity index is 1.97. The third-order valence-electron chi connectivity index (χ3n) is 3.70. The van der Waals surface area contributed by atoms with Crippen molar-refractivity contribution in [1.29, 1.82) is 0 Å². The van der Waals surface area contributed by atoms with Gasteiger partial charge in [-0.1, -0.05) is 48.1 Å². The van der Waals surface area contributed by atoms with Gasteiger partial charge in [0.1, 0.15) is 4.99 Å². The lowest BCUT2D eigenvalue weighted by molar-refractivity contribution is 0.731. The summed E-state index contributed by atoms with van der Waals surface area (Å²) < 4.78 is 0. The van der Waals surface area contributed by atoms with E-state index in [9.17, 15) is 0 Å². The second-order valence-electron chi connectivity index (χ2n) is 4.97. The van der Waals surface area contributed by atoms with E-state index in [1.807, 2.05) is 18.2 Å². The van der Waals surface area contributed by atoms with Crippen LogP contribution in [0.15, 0.2) is 42.5 Å². The molecule has 1 aliphatic rings. The summed E-state index contributed by atoms with van der Waals surface area (Å²) in [6.45, 7) is 1.85. The maximum Gasteiger partial charge on any atom is 0.106 e. The molecule has 2 nitrogen and oxygen atoms in total. The summed E-state index contributed by atoms with van der Waals surface area (Å²) in [5.74, 6) is 0. The standard InChI is InChI=1S/C16H15ClN2S/c17-13-5-6-15(14(9-13)16(18)20)19-8-7-11-3-1-2-4-12(11)10-19/h1-6,9H,7-8,10H2,(H2,18,20). The van der Waals surface area contributed by atoms with Crippen molar-refractivity contribution in [2.45, 2.75) is 13.0 Å². The molecular formula is C16H15ClN2S. The summed E-state index contributed by atoms with van der Waals surface area (Å²) in [5, 5.41) is 0.661. The fourth-order valence-corrected chi connectivity index (χ4v) is 3.02. The molecule has 0 fully saturated rings. The van der Waals surface area contributed by atoms with Gasteiger partial charge >= 0.3 is 0 Å². The normalized spacial score (nSPS) is 13.9. The summed E-state index contributed by atoms with van der Waals surface area (Å²) in [5.41, 5.74) is 10.5. The van der Waals surface area contributed by atoms with Crippen LogP contribution in [0.5, 0.6) is 0 Å². The lowest BCUT2D eigenvalue weighted by Gasteiger charge is -2.32. The lowest BCUT2D eigenvalue weighted by atomic mass is 9.98. The highest BCUT2D eigenvalue weighted by molar-refractivity contribution is 7.80. The van der Waals surface area contributed by atoms with Gasteiger partial charge < -0.3 is 10.6 Å². The molecule has 0 amide bonds. The first-order chi connectivity index (χ1) is 9.65. The highest BCUT2D eigenvalue weighted by atomic mass is 35.5. The molecule has 1 heterocycles. The molecule has 0 radical (unpaired) electrons. The minimum atomic E-state index is 0.390. The Morgan fingerprint density at radius 1 is 1.15 bits per heavy atom. The van der Waals surface area contributed by atoms with Gasteiger partial charge in [-0.05, 0) is 35.7 Å². The van der Waals surface area contributed by atoms with E-state index in [1.165, 1.54) is 11.1 Å². The first-order valence-corrected chi connectivity index (χ1v) is 7.35. The number of fused-ring (bicyclic) bond motifs is 1. The Morgan fingerprint density at radius 3 is 2.65 bits per heavy atom. The van der Waals surface area contributed by atoms with Gasteiger partial charge in [0.15, 0.2) is 0 Å². The van der Waals surface area contributed by atoms with Gasteiger partial charge in [0.25, 0.3) is 0 Å². The first kappa shape index (κ1) is 13.4. The van der Waals surface area contributed by atoms with Gasteiger partial charge in [-0.3, -0.25) is 0 Å². The number of anilines is 1. The van der Waals surface area contributed by atoms with Crippen molar-refractivity contribution in [2.24, 2.45) is 5.73 Å². The molecule has 0 aliphatic carbocycles. The Morgan fingerprint density at radius 2 is 1.90 bits per heavy atom. The van der Waals surface area contributed by atoms with E-state index >= 15 is 0 Å². The van der Waals surface area contributed by atoms with Crippen molar-refractivity contribution in [3.63, 3.8) is 0 Å². The van der Waals surface area contributed by atoms with Crippen molar-refractivity contribution in [3.05, 3.63) is 64.2 Å². The SMILES string of the molecule is NC(=S)c1cc(Cl)ccc1N1CCc2ccccc2C1. The third kappa shape index (κ3) is 2.51. The fraction of sp³-hybridized carbons (Fsp3) is 0.188. The van der Waals surface area contributed by atoms with Crippen molar-refractivity contribution in [3.8, 4) is 0 Å². The molecule has 2 aromatic carbocycles. The molecule has 0 aromatic heterocycles. The van der Waals surface area contributed by atoms with Crippen molar-refractivity contribution >= 4 is 34.5 Å². The smallest absolute Gasteiger partial charge is 0.106 e. The molecule has 0 saturated carbocycles. The number of hydrogen-bond donors (Lipinski definition) is 1. The molecule has 0 bridgehead atoms. The van der Waals surface area contributed by atoms with Crippen LogP contribution in [0.2, 0.25) is 5.02 Å². The number of halogens is 1. The van der Waals surface area contributed by atoms with Gasteiger partial charge in [0.2, 0.25) is 0 Å². The largest absolute Gasteiger partial charge is 0.389 e. The monoisotopic (exact) mass is 302 g/mol. The molecule has 1 aliphatic heterocycles. The zero-order chi connectivity index (χ0) is 14.1. The number of hydrogen-bond acceptors (Lipinski definition) is 2. The van der Waals surface area contributed by atoms with Crippen LogP contribution in [0.4, 0.5) is 5.69 Å². The molecular weight excluding hydrogens is 288 g/mol. The second-order valence-corrected chi connectivity index (χ2v) is 5.84. The van der Waals surface area contributed by atoms with Crippen LogP contribution in [-0.2, 0) is 13.0 Å². The van der Waals surface area contributed by atoms with Gasteiger partial charge in [0, 0.05) is 29.4 Å². The number of benzene rings is 2. The van der Waals surface area contributed by atoms with E-state index in [1.54, 1.807) is 0 Å². The number of nitrogens with two attached hydrogens (primary N) is 1. The third-order valence-corrected chi connectivity index (χ3v) is 4.15. The van der Waals surface area contributed by atoms with Crippen LogP contribution >= 0.6 is 23.8 Å². The Bertz CT molecular complexity index is 669. The minimum Gasteiger partial charge on any atom is -0.389 e. The molecule has 0 atom stereocenters. The number of nitrogens with zero attached hydrogens (tertiary/aromatic N) is 1. The summed E-state index contributed by atoms with van der Waals surface area (Å²) in [4.78, 5) is 2.70. The summed E-state index contributed by atoms with van der Waals surface area (Å²) >= 11 is 11.2. The van der Waals surface area contributed by atoms with Gasteiger partial charge in [-0.25, -0.2) is 0 Å². The summed E-state index contributed by atoms with van der Waals surface area (Å²) in [7, 11) is 0. The maximum absolute atomic E-state index is 6.05. The summed E-state index contributed by atoms with van der Waals surface area (Å²) in [6.07, 6.45) is 1.04. The van der Waals surface area contributed by atoms with Gasteiger partial charge in [-0.15, -0.1) is 0 Å². The van der Waals surface area contributed by atoms with Crippen LogP contribution in [0, 0.1) is 0 Å². The molecule has 20 heavy (non-hydrogen) atoms. The Labute approximate surface area is 129 Å². The average Bonchev–Trinajstić information content (AvgIpc) is 2.46. The molecule has 4 heteroatoms. The number of rotatable bonds is 2. The minimum absolute atomic E-state index is 0.390. The zero-order valence-electron chi connectivity index (χ0n) is 11.0. The van der Waals surface area contributed by atoms with E-state index in [-0.39, 0.29) is 0 Å². The van der Waals surface area contributed by atoms with Crippen molar-refractivity contribution < 1.29 is 0 Å². The first-order valence-electron chi connectivity index (χ1n) is 6.56. The highest BCUT2D eigenvalue weighted by Gasteiger charge is 2.19. The molecule has 0 unspecified atom stereocenters. The predicted molar refractivity (Wildman–Crippen MR) is 88.5 cm³/mol. The highest BCUT2D eigenvalue weighted by Crippen LogP contribution is 2.29. The Hall–Kier alpha value is -1.58. The molecule has 3 rings (SSSR count). The summed E-state index contributed by atoms with van der Waals surface area (Å²) in [6, 6.07) is 14.3. The fourth-order valence-electron chi connectivity index (χ4n) is 2.68. The Kier molecular flexibility index (Phi) is 3.64. The topological polar surface area (TPSA) is 29.3 Å². The van der Waals surface area contributed by atoms with E-state index in [0.29, 0.717) is 10.0 Å². The predicted octanol–water partition coefficient (Wildman–Crippen LogP) is 3.54. The molecule has 2 aromatic rings. The molecule has 0 saturated heterocycles. The van der Waals surface area contributed by atoms with Crippen LogP contribution < -0.4 is 10.6 Å². The van der Waals surface area contributed by atoms with E-state index in [4.69, 9.17) is 29.6 Å². The molecule has 102 valence electrons. The van der Waals surface area contributed by atoms with Gasteiger partial charge in [-0.2, -0.15) is 0 Å². The van der Waals surface area contributed by atoms with Crippen molar-refractivity contribution in [1.82, 2.24) is 0 Å². The van der Waals surface area contributed by atoms with E-state index in [2.05, 4.69) is 29.2 Å². The quantitative estimate of drug-likeness (QED) is 0.861. The van der Waals surface area contributed by atoms with Crippen LogP contribution in [0.25, 0.3) is 0 Å². The maximum atomic E-state index is 6.05. The van der Waals surface area contributed by atoms with Crippen LogP contribution in [0.3, 0.4) is 0 Å². The zero-order valence-corrected chi connectivity index (χ0v) is 12.5. The van der Waals surface area contributed by atoms with E-state index in [0.717, 1.165) is 30.8 Å². The van der Waals surface area contributed by atoms with Crippen molar-refractivity contribution in [2.75, 3.05) is 11.4 Å². The number of thiocarbonyl (C=S) groups is 1. The van der Waals surface area contributed by atoms with Crippen LogP contribution in [-0.4, -0.2) is 11.5 Å². The van der Waals surface area contributed by atoms with E-state index < -0.39 is 0 Å².